The van der Waals surface area contributed by atoms with Crippen LogP contribution in [0.25, 0.3) is 16.7 Å². The van der Waals surface area contributed by atoms with Crippen LogP contribution >= 0.6 is 12.2 Å². The minimum Gasteiger partial charge on any atom is -0.329 e. The highest BCUT2D eigenvalue weighted by Crippen LogP contribution is 2.27. The fourth-order valence-electron chi connectivity index (χ4n) is 2.64. The van der Waals surface area contributed by atoms with Crippen LogP contribution in [0, 0.1) is 16.1 Å². The molecule has 0 aliphatic carbocycles. The van der Waals surface area contributed by atoms with Crippen molar-refractivity contribution in [3.63, 3.8) is 0 Å². The number of para-hydroxylation sites is 2. The Morgan fingerprint density at radius 2 is 1.90 bits per heavy atom. The van der Waals surface area contributed by atoms with E-state index in [-0.39, 0.29) is 0 Å². The van der Waals surface area contributed by atoms with E-state index < -0.39 is 0 Å². The molecule has 21 heavy (non-hydrogen) atoms. The van der Waals surface area contributed by atoms with Crippen LogP contribution in [0.4, 0.5) is 0 Å². The number of nitriles is 1. The summed E-state index contributed by atoms with van der Waals surface area (Å²) in [5.74, 6) is 0.396. The van der Waals surface area contributed by atoms with Crippen LogP contribution in [0.3, 0.4) is 0 Å². The number of nitrogens with zero attached hydrogens (tertiary/aromatic N) is 2. The van der Waals surface area contributed by atoms with Gasteiger partial charge in [0, 0.05) is 0 Å². The monoisotopic (exact) mass is 293 g/mol. The third kappa shape index (κ3) is 2.16. The number of rotatable bonds is 2. The zero-order chi connectivity index (χ0) is 15.0. The Bertz CT molecular complexity index is 910. The molecule has 1 aromatic heterocycles. The van der Waals surface area contributed by atoms with Gasteiger partial charge in [0.1, 0.15) is 6.07 Å². The largest absolute Gasteiger partial charge is 0.329 e. The lowest BCUT2D eigenvalue weighted by Crippen LogP contribution is -2.01. The molecule has 0 amide bonds. The molecule has 3 nitrogen and oxygen atoms in total. The first kappa shape index (κ1) is 13.6. The SMILES string of the molecule is CC(C)c1ccccc1-n1c(=S)[nH]c2c(C#N)cccc21. The molecular formula is C17H15N3S. The highest BCUT2D eigenvalue weighted by molar-refractivity contribution is 7.71. The fourth-order valence-corrected chi connectivity index (χ4v) is 2.94. The molecule has 4 heteroatoms. The molecule has 0 aliphatic rings. The Hall–Kier alpha value is -2.38. The standard InChI is InChI=1S/C17H15N3S/c1-11(2)13-7-3-4-8-14(13)20-15-9-5-6-12(10-18)16(15)19-17(20)21/h3-9,11H,1-2H3,(H,19,21). The predicted octanol–water partition coefficient (Wildman–Crippen LogP) is 4.68. The Morgan fingerprint density at radius 1 is 1.14 bits per heavy atom. The van der Waals surface area contributed by atoms with Gasteiger partial charge in [-0.3, -0.25) is 4.57 Å². The fraction of sp³-hybridized carbons (Fsp3) is 0.176. The molecule has 2 aromatic carbocycles. The number of hydrogen-bond acceptors (Lipinski definition) is 2. The summed E-state index contributed by atoms with van der Waals surface area (Å²) in [6.07, 6.45) is 0. The Balaban J connectivity index is 2.40. The van der Waals surface area contributed by atoms with Crippen molar-refractivity contribution in [2.75, 3.05) is 0 Å². The molecule has 0 fully saturated rings. The van der Waals surface area contributed by atoms with E-state index in [1.807, 2.05) is 28.8 Å². The lowest BCUT2D eigenvalue weighted by atomic mass is 10.0. The van der Waals surface area contributed by atoms with Crippen LogP contribution in [-0.2, 0) is 0 Å². The molecule has 104 valence electrons. The zero-order valence-electron chi connectivity index (χ0n) is 11.9. The number of nitrogens with one attached hydrogen (secondary N) is 1. The molecule has 0 radical (unpaired) electrons. The van der Waals surface area contributed by atoms with Crippen LogP contribution in [0.2, 0.25) is 0 Å². The van der Waals surface area contributed by atoms with Crippen LogP contribution in [0.5, 0.6) is 0 Å². The molecule has 1 heterocycles. The van der Waals surface area contributed by atoms with Crippen LogP contribution < -0.4 is 0 Å². The van der Waals surface area contributed by atoms with E-state index in [4.69, 9.17) is 12.2 Å². The van der Waals surface area contributed by atoms with E-state index in [1.54, 1.807) is 6.07 Å². The van der Waals surface area contributed by atoms with Crippen molar-refractivity contribution in [1.29, 1.82) is 5.26 Å². The molecule has 0 bridgehead atoms. The first-order valence-corrected chi connectivity index (χ1v) is 7.27. The van der Waals surface area contributed by atoms with Crippen molar-refractivity contribution in [1.82, 2.24) is 9.55 Å². The molecule has 0 atom stereocenters. The average molecular weight is 293 g/mol. The molecule has 0 aliphatic heterocycles. The van der Waals surface area contributed by atoms with Crippen molar-refractivity contribution >= 4 is 23.3 Å². The minimum absolute atomic E-state index is 0.396. The maximum Gasteiger partial charge on any atom is 0.182 e. The quantitative estimate of drug-likeness (QED) is 0.697. The van der Waals surface area contributed by atoms with Crippen LogP contribution in [-0.4, -0.2) is 9.55 Å². The summed E-state index contributed by atoms with van der Waals surface area (Å²) in [6, 6.07) is 16.1. The zero-order valence-corrected chi connectivity index (χ0v) is 12.7. The maximum absolute atomic E-state index is 9.24. The molecule has 0 saturated heterocycles. The highest BCUT2D eigenvalue weighted by Gasteiger charge is 2.13. The third-order valence-corrected chi connectivity index (χ3v) is 3.92. The van der Waals surface area contributed by atoms with Gasteiger partial charge in [-0.1, -0.05) is 38.1 Å². The summed E-state index contributed by atoms with van der Waals surface area (Å²) in [4.78, 5) is 3.17. The van der Waals surface area contributed by atoms with Gasteiger partial charge in [-0.05, 0) is 41.9 Å². The molecule has 0 saturated carbocycles. The van der Waals surface area contributed by atoms with Crippen LogP contribution in [0.15, 0.2) is 42.5 Å². The maximum atomic E-state index is 9.24. The van der Waals surface area contributed by atoms with Crippen molar-refractivity contribution < 1.29 is 0 Å². The van der Waals surface area contributed by atoms with Gasteiger partial charge in [0.05, 0.1) is 22.3 Å². The lowest BCUT2D eigenvalue weighted by molar-refractivity contribution is 0.848. The van der Waals surface area contributed by atoms with Crippen molar-refractivity contribution in [2.45, 2.75) is 19.8 Å². The number of fused-ring (bicyclic) bond motifs is 1. The number of imidazole rings is 1. The number of H-pyrrole nitrogens is 1. The van der Waals surface area contributed by atoms with E-state index in [1.165, 1.54) is 5.56 Å². The Kier molecular flexibility index (Phi) is 3.36. The third-order valence-electron chi connectivity index (χ3n) is 3.64. The summed E-state index contributed by atoms with van der Waals surface area (Å²) >= 11 is 5.49. The van der Waals surface area contributed by atoms with Crippen molar-refractivity contribution in [3.8, 4) is 11.8 Å². The van der Waals surface area contributed by atoms with Crippen molar-refractivity contribution in [3.05, 3.63) is 58.4 Å². The number of benzene rings is 2. The predicted molar refractivity (Wildman–Crippen MR) is 87.3 cm³/mol. The van der Waals surface area contributed by atoms with Gasteiger partial charge in [-0.25, -0.2) is 0 Å². The minimum atomic E-state index is 0.396. The average Bonchev–Trinajstić information content (AvgIpc) is 2.82. The molecule has 0 spiro atoms. The molecule has 3 aromatic rings. The first-order valence-electron chi connectivity index (χ1n) is 6.86. The summed E-state index contributed by atoms with van der Waals surface area (Å²) in [7, 11) is 0. The van der Waals surface area contributed by atoms with Gasteiger partial charge in [-0.15, -0.1) is 0 Å². The van der Waals surface area contributed by atoms with Gasteiger partial charge in [0.15, 0.2) is 4.77 Å². The topological polar surface area (TPSA) is 44.5 Å². The molecule has 0 unspecified atom stereocenters. The summed E-state index contributed by atoms with van der Waals surface area (Å²) in [5.41, 5.74) is 4.64. The number of aromatic nitrogens is 2. The van der Waals surface area contributed by atoms with Crippen LogP contribution in [0.1, 0.15) is 30.9 Å². The van der Waals surface area contributed by atoms with E-state index >= 15 is 0 Å². The second kappa shape index (κ2) is 5.19. The van der Waals surface area contributed by atoms with Gasteiger partial charge in [0.25, 0.3) is 0 Å². The summed E-state index contributed by atoms with van der Waals surface area (Å²) in [5, 5.41) is 9.24. The smallest absolute Gasteiger partial charge is 0.182 e. The highest BCUT2D eigenvalue weighted by atomic mass is 32.1. The summed E-state index contributed by atoms with van der Waals surface area (Å²) in [6.45, 7) is 4.33. The van der Waals surface area contributed by atoms with Gasteiger partial charge >= 0.3 is 0 Å². The summed E-state index contributed by atoms with van der Waals surface area (Å²) < 4.78 is 2.63. The van der Waals surface area contributed by atoms with Gasteiger partial charge < -0.3 is 4.98 Å². The van der Waals surface area contributed by atoms with Gasteiger partial charge in [-0.2, -0.15) is 5.26 Å². The molecule has 3 rings (SSSR count). The van der Waals surface area contributed by atoms with Gasteiger partial charge in [0.2, 0.25) is 0 Å². The number of aromatic amines is 1. The van der Waals surface area contributed by atoms with E-state index in [9.17, 15) is 5.26 Å². The molecular weight excluding hydrogens is 278 g/mol. The van der Waals surface area contributed by atoms with E-state index in [0.29, 0.717) is 16.3 Å². The second-order valence-corrected chi connectivity index (χ2v) is 5.68. The first-order chi connectivity index (χ1) is 10.1. The van der Waals surface area contributed by atoms with E-state index in [2.05, 4.69) is 37.0 Å². The Morgan fingerprint density at radius 3 is 2.62 bits per heavy atom. The number of hydrogen-bond donors (Lipinski definition) is 1. The second-order valence-electron chi connectivity index (χ2n) is 5.29. The Labute approximate surface area is 128 Å². The lowest BCUT2D eigenvalue weighted by Gasteiger charge is -2.14. The van der Waals surface area contributed by atoms with E-state index in [0.717, 1.165) is 16.7 Å². The molecule has 1 N–H and O–H groups in total. The normalized spacial score (nSPS) is 11.0. The van der Waals surface area contributed by atoms with Crippen molar-refractivity contribution in [2.24, 2.45) is 0 Å².